The van der Waals surface area contributed by atoms with Crippen LogP contribution in [0.25, 0.3) is 11.0 Å². The number of aromatic nitrogens is 2. The van der Waals surface area contributed by atoms with Gasteiger partial charge in [0.25, 0.3) is 0 Å². The van der Waals surface area contributed by atoms with Crippen LogP contribution in [0.5, 0.6) is 0 Å². The van der Waals surface area contributed by atoms with Gasteiger partial charge in [0, 0.05) is 23.8 Å². The minimum absolute atomic E-state index is 1.15. The highest BCUT2D eigenvalue weighted by Crippen LogP contribution is 2.23. The Bertz CT molecular complexity index is 442. The third kappa shape index (κ3) is 0.981. The van der Waals surface area contributed by atoms with Crippen molar-refractivity contribution in [1.29, 1.82) is 0 Å². The zero-order valence-corrected chi connectivity index (χ0v) is 7.53. The quantitative estimate of drug-likeness (QED) is 0.596. The first-order valence-corrected chi connectivity index (χ1v) is 4.88. The Morgan fingerprint density at radius 2 is 2.31 bits per heavy atom. The van der Waals surface area contributed by atoms with Crippen LogP contribution in [0.1, 0.15) is 18.5 Å². The Morgan fingerprint density at radius 3 is 3.31 bits per heavy atom. The monoisotopic (exact) mass is 172 g/mol. The molecule has 0 saturated heterocycles. The molecule has 0 bridgehead atoms. The molecule has 0 aliphatic carbocycles. The number of fused-ring (bicyclic) bond motifs is 3. The Morgan fingerprint density at radius 1 is 1.31 bits per heavy atom. The predicted octanol–water partition coefficient (Wildman–Crippen LogP) is 2.37. The topological polar surface area (TPSA) is 17.8 Å². The minimum Gasteiger partial charge on any atom is -0.330 e. The molecule has 0 N–H and O–H groups in total. The first-order valence-electron chi connectivity index (χ1n) is 4.88. The first kappa shape index (κ1) is 7.13. The van der Waals surface area contributed by atoms with Crippen molar-refractivity contribution in [3.05, 3.63) is 30.1 Å². The Hall–Kier alpha value is -1.31. The van der Waals surface area contributed by atoms with E-state index >= 15 is 0 Å². The second kappa shape index (κ2) is 2.59. The van der Waals surface area contributed by atoms with E-state index in [-0.39, 0.29) is 0 Å². The second-order valence-electron chi connectivity index (χ2n) is 3.66. The van der Waals surface area contributed by atoms with Gasteiger partial charge in [-0.3, -0.25) is 0 Å². The maximum atomic E-state index is 4.42. The van der Waals surface area contributed by atoms with Crippen molar-refractivity contribution in [2.45, 2.75) is 25.8 Å². The molecule has 1 aliphatic heterocycles. The molecule has 2 heteroatoms. The molecule has 2 aromatic rings. The summed E-state index contributed by atoms with van der Waals surface area (Å²) in [5.41, 5.74) is 2.62. The van der Waals surface area contributed by atoms with Gasteiger partial charge in [0.05, 0.1) is 0 Å². The smallest absolute Gasteiger partial charge is 0.140 e. The van der Waals surface area contributed by atoms with Gasteiger partial charge in [0.2, 0.25) is 0 Å². The van der Waals surface area contributed by atoms with Crippen LogP contribution in [0.3, 0.4) is 0 Å². The van der Waals surface area contributed by atoms with Gasteiger partial charge in [0.1, 0.15) is 5.65 Å². The van der Waals surface area contributed by atoms with E-state index in [2.05, 4.69) is 21.7 Å². The Kier molecular flexibility index (Phi) is 1.42. The Balaban J connectivity index is 2.34. The minimum atomic E-state index is 1.15. The molecule has 0 aromatic carbocycles. The summed E-state index contributed by atoms with van der Waals surface area (Å²) in [5.74, 6) is 0. The summed E-state index contributed by atoms with van der Waals surface area (Å²) in [6.07, 6.45) is 5.73. The van der Waals surface area contributed by atoms with E-state index in [1.165, 1.54) is 30.3 Å². The van der Waals surface area contributed by atoms with E-state index in [0.717, 1.165) is 12.2 Å². The molecule has 0 atom stereocenters. The van der Waals surface area contributed by atoms with Crippen molar-refractivity contribution < 1.29 is 0 Å². The average molecular weight is 172 g/mol. The Labute approximate surface area is 77.2 Å². The largest absolute Gasteiger partial charge is 0.330 e. The lowest BCUT2D eigenvalue weighted by atomic mass is 10.1. The van der Waals surface area contributed by atoms with Crippen molar-refractivity contribution in [3.63, 3.8) is 0 Å². The van der Waals surface area contributed by atoms with Gasteiger partial charge in [-0.15, -0.1) is 0 Å². The van der Waals surface area contributed by atoms with E-state index in [0.29, 0.717) is 0 Å². The third-order valence-corrected chi connectivity index (χ3v) is 2.81. The number of hydrogen-bond acceptors (Lipinski definition) is 1. The lowest BCUT2D eigenvalue weighted by molar-refractivity contribution is 0.542. The molecule has 66 valence electrons. The average Bonchev–Trinajstić information content (AvgIpc) is 2.56. The van der Waals surface area contributed by atoms with Crippen molar-refractivity contribution in [3.8, 4) is 0 Å². The van der Waals surface area contributed by atoms with Crippen molar-refractivity contribution in [2.75, 3.05) is 0 Å². The van der Waals surface area contributed by atoms with E-state index in [1.807, 2.05) is 12.3 Å². The molecular weight excluding hydrogens is 160 g/mol. The standard InChI is InChI=1S/C11H12N2/c1-2-7-13-10(5-1)8-9-4-3-6-12-11(9)13/h3-4,6,8H,1-2,5,7H2. The van der Waals surface area contributed by atoms with Crippen LogP contribution in [0.4, 0.5) is 0 Å². The molecule has 0 unspecified atom stereocenters. The number of pyridine rings is 1. The maximum absolute atomic E-state index is 4.42. The highest BCUT2D eigenvalue weighted by molar-refractivity contribution is 5.77. The summed E-state index contributed by atoms with van der Waals surface area (Å²) in [4.78, 5) is 4.42. The van der Waals surface area contributed by atoms with Gasteiger partial charge >= 0.3 is 0 Å². The van der Waals surface area contributed by atoms with Gasteiger partial charge < -0.3 is 4.57 Å². The number of nitrogens with zero attached hydrogens (tertiary/aromatic N) is 2. The molecular formula is C11H12N2. The molecule has 13 heavy (non-hydrogen) atoms. The van der Waals surface area contributed by atoms with Crippen molar-refractivity contribution in [1.82, 2.24) is 9.55 Å². The van der Waals surface area contributed by atoms with Gasteiger partial charge in [0.15, 0.2) is 0 Å². The van der Waals surface area contributed by atoms with Crippen LogP contribution in [-0.4, -0.2) is 9.55 Å². The number of aryl methyl sites for hydroxylation is 2. The fourth-order valence-corrected chi connectivity index (χ4v) is 2.17. The third-order valence-electron chi connectivity index (χ3n) is 2.81. The summed E-state index contributed by atoms with van der Waals surface area (Å²) in [6.45, 7) is 1.15. The molecule has 1 aliphatic rings. The van der Waals surface area contributed by atoms with Crippen LogP contribution >= 0.6 is 0 Å². The molecule has 0 amide bonds. The zero-order valence-electron chi connectivity index (χ0n) is 7.53. The SMILES string of the molecule is c1cnc2c(c1)cc1n2CCCC1. The fraction of sp³-hybridized carbons (Fsp3) is 0.364. The molecule has 3 rings (SSSR count). The van der Waals surface area contributed by atoms with Crippen molar-refractivity contribution >= 4 is 11.0 Å². The van der Waals surface area contributed by atoms with Crippen LogP contribution in [0.2, 0.25) is 0 Å². The lowest BCUT2D eigenvalue weighted by Crippen LogP contribution is -2.09. The van der Waals surface area contributed by atoms with Crippen LogP contribution in [0.15, 0.2) is 24.4 Å². The highest BCUT2D eigenvalue weighted by Gasteiger charge is 2.12. The van der Waals surface area contributed by atoms with Crippen LogP contribution < -0.4 is 0 Å². The molecule has 0 fully saturated rings. The number of hydrogen-bond donors (Lipinski definition) is 0. The molecule has 2 nitrogen and oxygen atoms in total. The summed E-state index contributed by atoms with van der Waals surface area (Å²) >= 11 is 0. The van der Waals surface area contributed by atoms with E-state index in [1.54, 1.807) is 0 Å². The fourth-order valence-electron chi connectivity index (χ4n) is 2.17. The van der Waals surface area contributed by atoms with Crippen molar-refractivity contribution in [2.24, 2.45) is 0 Å². The number of rotatable bonds is 0. The van der Waals surface area contributed by atoms with Gasteiger partial charge in [-0.25, -0.2) is 4.98 Å². The summed E-state index contributed by atoms with van der Waals surface area (Å²) in [5, 5.41) is 1.29. The van der Waals surface area contributed by atoms with Gasteiger partial charge in [-0.2, -0.15) is 0 Å². The normalized spacial score (nSPS) is 16.0. The molecule has 0 spiro atoms. The lowest BCUT2D eigenvalue weighted by Gasteiger charge is -2.14. The highest BCUT2D eigenvalue weighted by atomic mass is 15.0. The first-order chi connectivity index (χ1) is 6.45. The van der Waals surface area contributed by atoms with E-state index < -0.39 is 0 Å². The van der Waals surface area contributed by atoms with Crippen LogP contribution in [0, 0.1) is 0 Å². The van der Waals surface area contributed by atoms with E-state index in [4.69, 9.17) is 0 Å². The second-order valence-corrected chi connectivity index (χ2v) is 3.66. The molecule has 0 radical (unpaired) electrons. The maximum Gasteiger partial charge on any atom is 0.140 e. The van der Waals surface area contributed by atoms with E-state index in [9.17, 15) is 0 Å². The molecule has 2 aromatic heterocycles. The molecule has 0 saturated carbocycles. The van der Waals surface area contributed by atoms with Gasteiger partial charge in [-0.05, 0) is 37.5 Å². The summed E-state index contributed by atoms with van der Waals surface area (Å²) < 4.78 is 2.36. The molecule has 3 heterocycles. The van der Waals surface area contributed by atoms with Gasteiger partial charge in [-0.1, -0.05) is 0 Å². The summed E-state index contributed by atoms with van der Waals surface area (Å²) in [7, 11) is 0. The summed E-state index contributed by atoms with van der Waals surface area (Å²) in [6, 6.07) is 6.43. The predicted molar refractivity (Wildman–Crippen MR) is 52.7 cm³/mol. The zero-order chi connectivity index (χ0) is 8.67. The van der Waals surface area contributed by atoms with Crippen LogP contribution in [-0.2, 0) is 13.0 Å².